The molecule has 2 rings (SSSR count). The van der Waals surface area contributed by atoms with Crippen LogP contribution in [0.1, 0.15) is 16.8 Å². The van der Waals surface area contributed by atoms with E-state index in [4.69, 9.17) is 4.74 Å². The third-order valence-corrected chi connectivity index (χ3v) is 2.86. The molecule has 5 heteroatoms. The Morgan fingerprint density at radius 2 is 2.20 bits per heavy atom. The molecule has 0 atom stereocenters. The lowest BCUT2D eigenvalue weighted by atomic mass is 10.1. The lowest BCUT2D eigenvalue weighted by Gasteiger charge is -2.07. The number of benzene rings is 1. The van der Waals surface area contributed by atoms with Crippen molar-refractivity contribution in [1.29, 1.82) is 0 Å². The zero-order valence-corrected chi connectivity index (χ0v) is 11.5. The molecule has 0 unspecified atom stereocenters. The van der Waals surface area contributed by atoms with Gasteiger partial charge in [0.1, 0.15) is 5.75 Å². The molecule has 0 radical (unpaired) electrons. The van der Waals surface area contributed by atoms with Crippen molar-refractivity contribution in [2.24, 2.45) is 5.10 Å². The minimum absolute atomic E-state index is 0.0649. The quantitative estimate of drug-likeness (QED) is 0.646. The van der Waals surface area contributed by atoms with Crippen molar-refractivity contribution in [2.45, 2.75) is 13.8 Å². The molecule has 0 fully saturated rings. The predicted octanol–water partition coefficient (Wildman–Crippen LogP) is 2.16. The van der Waals surface area contributed by atoms with E-state index in [1.54, 1.807) is 6.20 Å². The largest absolute Gasteiger partial charge is 0.484 e. The van der Waals surface area contributed by atoms with Crippen LogP contribution in [-0.4, -0.2) is 23.7 Å². The number of hydrogen-bond acceptors (Lipinski definition) is 3. The lowest BCUT2D eigenvalue weighted by Crippen LogP contribution is -2.24. The van der Waals surface area contributed by atoms with Crippen LogP contribution in [-0.2, 0) is 4.79 Å². The molecule has 0 bridgehead atoms. The van der Waals surface area contributed by atoms with Gasteiger partial charge in [-0.05, 0) is 49.2 Å². The number of carbonyl (C=O) groups excluding carboxylic acids is 1. The fourth-order valence-corrected chi connectivity index (χ4v) is 1.58. The predicted molar refractivity (Wildman–Crippen MR) is 77.9 cm³/mol. The second-order valence-corrected chi connectivity index (χ2v) is 4.45. The van der Waals surface area contributed by atoms with Crippen molar-refractivity contribution >= 4 is 12.1 Å². The average Bonchev–Trinajstić information content (AvgIpc) is 2.93. The van der Waals surface area contributed by atoms with Crippen molar-refractivity contribution < 1.29 is 9.53 Å². The summed E-state index contributed by atoms with van der Waals surface area (Å²) in [5.74, 6) is 0.377. The number of aromatic nitrogens is 1. The number of hydrazone groups is 1. The Hall–Kier alpha value is -2.56. The standard InChI is InChI=1S/C15H17N3O2/c1-11-5-6-14(8-12(11)2)20-10-15(19)18-17-9-13-4-3-7-16-13/h3-9,16H,10H2,1-2H3,(H,18,19)/b17-9+. The van der Waals surface area contributed by atoms with Crippen LogP contribution in [0.25, 0.3) is 0 Å². The van der Waals surface area contributed by atoms with Crippen molar-refractivity contribution in [2.75, 3.05) is 6.61 Å². The Kier molecular flexibility index (Phi) is 4.55. The van der Waals surface area contributed by atoms with Crippen LogP contribution in [0.2, 0.25) is 0 Å². The maximum absolute atomic E-state index is 11.5. The second kappa shape index (κ2) is 6.56. The molecular weight excluding hydrogens is 254 g/mol. The van der Waals surface area contributed by atoms with E-state index in [9.17, 15) is 4.79 Å². The fraction of sp³-hybridized carbons (Fsp3) is 0.200. The minimum atomic E-state index is -0.300. The highest BCUT2D eigenvalue weighted by atomic mass is 16.5. The maximum atomic E-state index is 11.5. The number of amides is 1. The molecule has 20 heavy (non-hydrogen) atoms. The van der Waals surface area contributed by atoms with Gasteiger partial charge >= 0.3 is 0 Å². The number of nitrogens with zero attached hydrogens (tertiary/aromatic N) is 1. The Labute approximate surface area is 117 Å². The highest BCUT2D eigenvalue weighted by Crippen LogP contribution is 2.16. The monoisotopic (exact) mass is 271 g/mol. The third kappa shape index (κ3) is 3.98. The molecule has 0 spiro atoms. The number of ether oxygens (including phenoxy) is 1. The number of rotatable bonds is 5. The molecule has 2 aromatic rings. The number of H-pyrrole nitrogens is 1. The van der Waals surface area contributed by atoms with Crippen LogP contribution in [0.5, 0.6) is 5.75 Å². The SMILES string of the molecule is Cc1ccc(OCC(=O)N/N=C/c2ccc[nH]2)cc1C. The van der Waals surface area contributed by atoms with Gasteiger partial charge < -0.3 is 9.72 Å². The molecule has 0 saturated heterocycles. The molecule has 0 saturated carbocycles. The van der Waals surface area contributed by atoms with Gasteiger partial charge in [-0.25, -0.2) is 5.43 Å². The van der Waals surface area contributed by atoms with Crippen LogP contribution in [0.4, 0.5) is 0 Å². The number of nitrogens with one attached hydrogen (secondary N) is 2. The first-order valence-corrected chi connectivity index (χ1v) is 6.30. The molecule has 1 amide bonds. The van der Waals surface area contributed by atoms with Gasteiger partial charge in [0, 0.05) is 6.20 Å². The Bertz CT molecular complexity index is 604. The van der Waals surface area contributed by atoms with E-state index >= 15 is 0 Å². The maximum Gasteiger partial charge on any atom is 0.277 e. The van der Waals surface area contributed by atoms with Crippen LogP contribution in [0.15, 0.2) is 41.6 Å². The van der Waals surface area contributed by atoms with Crippen molar-refractivity contribution in [3.05, 3.63) is 53.3 Å². The van der Waals surface area contributed by atoms with E-state index in [-0.39, 0.29) is 12.5 Å². The van der Waals surface area contributed by atoms with Gasteiger partial charge in [0.05, 0.1) is 11.9 Å². The summed E-state index contributed by atoms with van der Waals surface area (Å²) < 4.78 is 5.40. The van der Waals surface area contributed by atoms with E-state index < -0.39 is 0 Å². The molecule has 2 N–H and O–H groups in total. The van der Waals surface area contributed by atoms with Gasteiger partial charge in [-0.3, -0.25) is 4.79 Å². The third-order valence-electron chi connectivity index (χ3n) is 2.86. The van der Waals surface area contributed by atoms with Gasteiger partial charge in [-0.1, -0.05) is 6.07 Å². The zero-order chi connectivity index (χ0) is 14.4. The van der Waals surface area contributed by atoms with Gasteiger partial charge in [-0.2, -0.15) is 5.10 Å². The number of carbonyl (C=O) groups is 1. The van der Waals surface area contributed by atoms with Crippen molar-refractivity contribution in [3.63, 3.8) is 0 Å². The number of hydrogen-bond donors (Lipinski definition) is 2. The smallest absolute Gasteiger partial charge is 0.277 e. The van der Waals surface area contributed by atoms with Crippen LogP contribution >= 0.6 is 0 Å². The molecule has 0 aliphatic heterocycles. The van der Waals surface area contributed by atoms with Gasteiger partial charge in [0.2, 0.25) is 0 Å². The zero-order valence-electron chi connectivity index (χ0n) is 11.5. The molecule has 104 valence electrons. The lowest BCUT2D eigenvalue weighted by molar-refractivity contribution is -0.123. The first-order chi connectivity index (χ1) is 9.65. The Morgan fingerprint density at radius 1 is 1.35 bits per heavy atom. The van der Waals surface area contributed by atoms with Crippen molar-refractivity contribution in [1.82, 2.24) is 10.4 Å². The summed E-state index contributed by atoms with van der Waals surface area (Å²) in [7, 11) is 0. The highest BCUT2D eigenvalue weighted by Gasteiger charge is 2.02. The minimum Gasteiger partial charge on any atom is -0.484 e. The first-order valence-electron chi connectivity index (χ1n) is 6.30. The average molecular weight is 271 g/mol. The van der Waals surface area contributed by atoms with Crippen LogP contribution < -0.4 is 10.2 Å². The molecule has 0 aliphatic rings. The molecule has 1 aromatic heterocycles. The van der Waals surface area contributed by atoms with E-state index in [0.29, 0.717) is 5.75 Å². The summed E-state index contributed by atoms with van der Waals surface area (Å²) in [6.07, 6.45) is 3.32. The van der Waals surface area contributed by atoms with Crippen LogP contribution in [0.3, 0.4) is 0 Å². The molecule has 1 aromatic carbocycles. The van der Waals surface area contributed by atoms with Crippen molar-refractivity contribution in [3.8, 4) is 5.75 Å². The Balaban J connectivity index is 1.78. The topological polar surface area (TPSA) is 66.5 Å². The first kappa shape index (κ1) is 13.9. The molecule has 5 nitrogen and oxygen atoms in total. The summed E-state index contributed by atoms with van der Waals surface area (Å²) in [4.78, 5) is 14.5. The number of aryl methyl sites for hydroxylation is 2. The highest BCUT2D eigenvalue weighted by molar-refractivity contribution is 5.81. The van der Waals surface area contributed by atoms with E-state index in [2.05, 4.69) is 15.5 Å². The van der Waals surface area contributed by atoms with Crippen LogP contribution in [0, 0.1) is 13.8 Å². The summed E-state index contributed by atoms with van der Waals surface area (Å²) >= 11 is 0. The van der Waals surface area contributed by atoms with Gasteiger partial charge in [0.15, 0.2) is 6.61 Å². The summed E-state index contributed by atoms with van der Waals surface area (Å²) in [5.41, 5.74) is 5.55. The normalized spacial score (nSPS) is 10.7. The number of aromatic amines is 1. The molecule has 1 heterocycles. The second-order valence-electron chi connectivity index (χ2n) is 4.45. The Morgan fingerprint density at radius 3 is 2.90 bits per heavy atom. The van der Waals surface area contributed by atoms with Gasteiger partial charge in [-0.15, -0.1) is 0 Å². The van der Waals surface area contributed by atoms with E-state index in [1.165, 1.54) is 11.8 Å². The molecular formula is C15H17N3O2. The van der Waals surface area contributed by atoms with E-state index in [0.717, 1.165) is 11.3 Å². The molecule has 0 aliphatic carbocycles. The summed E-state index contributed by atoms with van der Waals surface area (Å²) in [6.45, 7) is 3.97. The summed E-state index contributed by atoms with van der Waals surface area (Å²) in [6, 6.07) is 9.42. The van der Waals surface area contributed by atoms with E-state index in [1.807, 2.05) is 44.2 Å². The summed E-state index contributed by atoms with van der Waals surface area (Å²) in [5, 5.41) is 3.82. The fourth-order valence-electron chi connectivity index (χ4n) is 1.58. The van der Waals surface area contributed by atoms with Gasteiger partial charge in [0.25, 0.3) is 5.91 Å².